The van der Waals surface area contributed by atoms with Crippen LogP contribution in [-0.4, -0.2) is 21.8 Å². The van der Waals surface area contributed by atoms with E-state index in [-0.39, 0.29) is 5.91 Å². The Bertz CT molecular complexity index is 611. The fourth-order valence-electron chi connectivity index (χ4n) is 2.45. The molecule has 0 aliphatic heterocycles. The molecular formula is C14H17N3OS. The molecule has 2 aromatic rings. The molecule has 4 nitrogen and oxygen atoms in total. The first-order valence-electron chi connectivity index (χ1n) is 6.71. The number of thiazole rings is 1. The minimum Gasteiger partial charge on any atom is -0.350 e. The molecule has 1 N–H and O–H groups in total. The third-order valence-electron chi connectivity index (χ3n) is 3.49. The Balaban J connectivity index is 1.57. The van der Waals surface area contributed by atoms with Crippen molar-refractivity contribution in [1.82, 2.24) is 14.7 Å². The number of allylic oxidation sites excluding steroid dienone is 1. The van der Waals surface area contributed by atoms with E-state index in [9.17, 15) is 4.79 Å². The van der Waals surface area contributed by atoms with E-state index in [1.165, 1.54) is 42.6 Å². The molecule has 100 valence electrons. The number of hydrogen-bond acceptors (Lipinski definition) is 3. The molecule has 1 aliphatic carbocycles. The van der Waals surface area contributed by atoms with Gasteiger partial charge in [-0.1, -0.05) is 11.6 Å². The number of nitrogens with one attached hydrogen (secondary N) is 1. The van der Waals surface area contributed by atoms with Gasteiger partial charge in [-0.3, -0.25) is 9.20 Å². The van der Waals surface area contributed by atoms with E-state index in [1.807, 2.05) is 16.0 Å². The van der Waals surface area contributed by atoms with Crippen LogP contribution in [0.15, 0.2) is 29.4 Å². The van der Waals surface area contributed by atoms with Crippen molar-refractivity contribution in [1.29, 1.82) is 0 Å². The van der Waals surface area contributed by atoms with Crippen molar-refractivity contribution in [2.45, 2.75) is 32.1 Å². The van der Waals surface area contributed by atoms with Crippen molar-refractivity contribution in [3.63, 3.8) is 0 Å². The van der Waals surface area contributed by atoms with E-state index >= 15 is 0 Å². The molecule has 2 heterocycles. The quantitative estimate of drug-likeness (QED) is 0.872. The Kier molecular flexibility index (Phi) is 3.64. The highest BCUT2D eigenvalue weighted by molar-refractivity contribution is 7.15. The number of fused-ring (bicyclic) bond motifs is 1. The van der Waals surface area contributed by atoms with Gasteiger partial charge in [-0.25, -0.2) is 4.98 Å². The maximum absolute atomic E-state index is 12.1. The number of imidazole rings is 1. The van der Waals surface area contributed by atoms with Crippen LogP contribution in [0.25, 0.3) is 4.96 Å². The number of carbonyl (C=O) groups excluding carboxylic acids is 1. The summed E-state index contributed by atoms with van der Waals surface area (Å²) in [6.07, 6.45) is 11.8. The maximum Gasteiger partial charge on any atom is 0.269 e. The van der Waals surface area contributed by atoms with Crippen LogP contribution in [0.1, 0.15) is 42.6 Å². The van der Waals surface area contributed by atoms with Crippen LogP contribution in [0.3, 0.4) is 0 Å². The predicted molar refractivity (Wildman–Crippen MR) is 76.6 cm³/mol. The zero-order valence-electron chi connectivity index (χ0n) is 10.8. The molecule has 0 saturated carbocycles. The largest absolute Gasteiger partial charge is 0.350 e. The molecule has 0 aromatic carbocycles. The van der Waals surface area contributed by atoms with E-state index < -0.39 is 0 Å². The summed E-state index contributed by atoms with van der Waals surface area (Å²) in [5.74, 6) is -0.0133. The van der Waals surface area contributed by atoms with Crippen molar-refractivity contribution in [3.8, 4) is 0 Å². The summed E-state index contributed by atoms with van der Waals surface area (Å²) in [6.45, 7) is 0.719. The van der Waals surface area contributed by atoms with Crippen LogP contribution < -0.4 is 5.32 Å². The summed E-state index contributed by atoms with van der Waals surface area (Å²) in [5.41, 5.74) is 2.17. The second-order valence-corrected chi connectivity index (χ2v) is 5.65. The zero-order valence-corrected chi connectivity index (χ0v) is 11.6. The molecule has 0 bridgehead atoms. The van der Waals surface area contributed by atoms with Gasteiger partial charge in [0.1, 0.15) is 5.69 Å². The zero-order chi connectivity index (χ0) is 13.1. The van der Waals surface area contributed by atoms with Gasteiger partial charge < -0.3 is 5.32 Å². The molecule has 0 saturated heterocycles. The van der Waals surface area contributed by atoms with Gasteiger partial charge in [0.05, 0.1) is 0 Å². The molecule has 0 spiro atoms. The first-order valence-corrected chi connectivity index (χ1v) is 7.59. The van der Waals surface area contributed by atoms with Crippen molar-refractivity contribution >= 4 is 22.2 Å². The van der Waals surface area contributed by atoms with Gasteiger partial charge in [0, 0.05) is 24.3 Å². The fourth-order valence-corrected chi connectivity index (χ4v) is 3.28. The SMILES string of the molecule is O=C(NCCC1=CCCCC1)c1csc2nccn12. The summed E-state index contributed by atoms with van der Waals surface area (Å²) in [7, 11) is 0. The lowest BCUT2D eigenvalue weighted by Gasteiger charge is -2.12. The number of hydrogen-bond donors (Lipinski definition) is 1. The van der Waals surface area contributed by atoms with Crippen LogP contribution in [0.2, 0.25) is 0 Å². The molecule has 2 aromatic heterocycles. The van der Waals surface area contributed by atoms with Crippen molar-refractivity contribution < 1.29 is 4.79 Å². The number of nitrogens with zero attached hydrogens (tertiary/aromatic N) is 2. The Morgan fingerprint density at radius 1 is 1.47 bits per heavy atom. The number of amides is 1. The summed E-state index contributed by atoms with van der Waals surface area (Å²) >= 11 is 1.49. The van der Waals surface area contributed by atoms with Crippen LogP contribution in [-0.2, 0) is 0 Å². The maximum atomic E-state index is 12.1. The lowest BCUT2D eigenvalue weighted by atomic mass is 9.97. The molecule has 1 aliphatic rings. The number of aromatic nitrogens is 2. The van der Waals surface area contributed by atoms with Crippen LogP contribution in [0.5, 0.6) is 0 Å². The van der Waals surface area contributed by atoms with Crippen LogP contribution >= 0.6 is 11.3 Å². The first-order chi connectivity index (χ1) is 9.34. The smallest absolute Gasteiger partial charge is 0.269 e. The molecule has 0 radical (unpaired) electrons. The molecule has 0 fully saturated rings. The topological polar surface area (TPSA) is 46.4 Å². The molecule has 3 rings (SSSR count). The van der Waals surface area contributed by atoms with E-state index in [2.05, 4.69) is 16.4 Å². The molecule has 0 unspecified atom stereocenters. The molecule has 1 amide bonds. The Hall–Kier alpha value is -1.62. The van der Waals surface area contributed by atoms with Gasteiger partial charge in [-0.05, 0) is 32.1 Å². The first kappa shape index (κ1) is 12.4. The normalized spacial score (nSPS) is 15.5. The van der Waals surface area contributed by atoms with Crippen molar-refractivity contribution in [3.05, 3.63) is 35.1 Å². The minimum atomic E-state index is -0.0133. The average Bonchev–Trinajstić information content (AvgIpc) is 3.02. The molecule has 19 heavy (non-hydrogen) atoms. The second-order valence-electron chi connectivity index (χ2n) is 4.81. The Morgan fingerprint density at radius 2 is 2.42 bits per heavy atom. The van der Waals surface area contributed by atoms with E-state index in [0.29, 0.717) is 5.69 Å². The number of rotatable bonds is 4. The third-order valence-corrected chi connectivity index (χ3v) is 4.35. The van der Waals surface area contributed by atoms with Gasteiger partial charge >= 0.3 is 0 Å². The highest BCUT2D eigenvalue weighted by Crippen LogP contribution is 2.19. The van der Waals surface area contributed by atoms with Gasteiger partial charge in [0.2, 0.25) is 0 Å². The van der Waals surface area contributed by atoms with E-state index in [0.717, 1.165) is 17.9 Å². The molecule has 5 heteroatoms. The second kappa shape index (κ2) is 5.57. The van der Waals surface area contributed by atoms with Gasteiger partial charge in [-0.15, -0.1) is 11.3 Å². The molecular weight excluding hydrogens is 258 g/mol. The highest BCUT2D eigenvalue weighted by atomic mass is 32.1. The number of carbonyl (C=O) groups is 1. The monoisotopic (exact) mass is 275 g/mol. The Morgan fingerprint density at radius 3 is 3.26 bits per heavy atom. The molecule has 0 atom stereocenters. The average molecular weight is 275 g/mol. The highest BCUT2D eigenvalue weighted by Gasteiger charge is 2.12. The van der Waals surface area contributed by atoms with Crippen LogP contribution in [0.4, 0.5) is 0 Å². The fraction of sp³-hybridized carbons (Fsp3) is 0.429. The minimum absolute atomic E-state index is 0.0133. The van der Waals surface area contributed by atoms with Gasteiger partial charge in [-0.2, -0.15) is 0 Å². The Labute approximate surface area is 116 Å². The predicted octanol–water partition coefficient (Wildman–Crippen LogP) is 3.02. The van der Waals surface area contributed by atoms with E-state index in [4.69, 9.17) is 0 Å². The summed E-state index contributed by atoms with van der Waals surface area (Å²) in [5, 5.41) is 4.85. The third kappa shape index (κ3) is 2.71. The lowest BCUT2D eigenvalue weighted by molar-refractivity contribution is 0.0948. The summed E-state index contributed by atoms with van der Waals surface area (Å²) in [6, 6.07) is 0. The lowest BCUT2D eigenvalue weighted by Crippen LogP contribution is -2.25. The van der Waals surface area contributed by atoms with Crippen LogP contribution in [0, 0.1) is 0 Å². The van der Waals surface area contributed by atoms with Crippen molar-refractivity contribution in [2.24, 2.45) is 0 Å². The summed E-state index contributed by atoms with van der Waals surface area (Å²) in [4.78, 5) is 17.1. The summed E-state index contributed by atoms with van der Waals surface area (Å²) < 4.78 is 1.83. The standard InChI is InChI=1S/C14H17N3OS/c18-13(12-10-19-14-16-8-9-17(12)14)15-7-6-11-4-2-1-3-5-11/h4,8-10H,1-3,5-7H2,(H,15,18). The van der Waals surface area contributed by atoms with Gasteiger partial charge in [0.15, 0.2) is 4.96 Å². The van der Waals surface area contributed by atoms with Gasteiger partial charge in [0.25, 0.3) is 5.91 Å². The van der Waals surface area contributed by atoms with Crippen molar-refractivity contribution in [2.75, 3.05) is 6.54 Å². The van der Waals surface area contributed by atoms with E-state index in [1.54, 1.807) is 6.20 Å².